The van der Waals surface area contributed by atoms with Gasteiger partial charge in [0.1, 0.15) is 13.2 Å². The average Bonchev–Trinajstić information content (AvgIpc) is 3.30. The van der Waals surface area contributed by atoms with E-state index in [1.807, 2.05) is 23.1 Å². The minimum atomic E-state index is -0.00131. The van der Waals surface area contributed by atoms with Crippen LogP contribution < -0.4 is 14.8 Å². The van der Waals surface area contributed by atoms with Crippen LogP contribution in [0.4, 0.5) is 4.79 Å². The van der Waals surface area contributed by atoms with Crippen molar-refractivity contribution in [1.29, 1.82) is 0 Å². The number of hydrogen-bond donors (Lipinski definition) is 1. The Morgan fingerprint density at radius 1 is 1.25 bits per heavy atom. The molecule has 3 heterocycles. The van der Waals surface area contributed by atoms with Gasteiger partial charge >= 0.3 is 6.03 Å². The maximum Gasteiger partial charge on any atom is 0.318 e. The zero-order valence-corrected chi connectivity index (χ0v) is 14.2. The molecule has 0 aliphatic carbocycles. The van der Waals surface area contributed by atoms with Gasteiger partial charge < -0.3 is 19.7 Å². The van der Waals surface area contributed by atoms with E-state index >= 15 is 0 Å². The van der Waals surface area contributed by atoms with Gasteiger partial charge in [-0.1, -0.05) is 6.07 Å². The molecule has 0 saturated carbocycles. The summed E-state index contributed by atoms with van der Waals surface area (Å²) >= 11 is 1.68. The Morgan fingerprint density at radius 2 is 2.12 bits per heavy atom. The van der Waals surface area contributed by atoms with Crippen molar-refractivity contribution >= 4 is 17.4 Å². The molecule has 0 radical (unpaired) electrons. The molecule has 2 aliphatic rings. The maximum absolute atomic E-state index is 12.6. The van der Waals surface area contributed by atoms with Gasteiger partial charge in [0.05, 0.1) is 6.04 Å². The second-order valence-corrected chi connectivity index (χ2v) is 6.82. The Balaban J connectivity index is 1.39. The van der Waals surface area contributed by atoms with Gasteiger partial charge in [-0.25, -0.2) is 4.79 Å². The molecule has 0 spiro atoms. The third-order valence-corrected chi connectivity index (χ3v) is 5.19. The van der Waals surface area contributed by atoms with Gasteiger partial charge in [-0.2, -0.15) is 11.3 Å². The first kappa shape index (κ1) is 15.3. The topological polar surface area (TPSA) is 50.8 Å². The van der Waals surface area contributed by atoms with Crippen LogP contribution in [0, 0.1) is 0 Å². The zero-order valence-electron chi connectivity index (χ0n) is 13.4. The summed E-state index contributed by atoms with van der Waals surface area (Å²) in [4.78, 5) is 14.5. The minimum Gasteiger partial charge on any atom is -0.486 e. The van der Waals surface area contributed by atoms with Gasteiger partial charge in [0, 0.05) is 13.1 Å². The second kappa shape index (κ2) is 6.73. The Labute approximate surface area is 145 Å². The number of carbonyl (C=O) groups excluding carboxylic acids is 1. The Morgan fingerprint density at radius 3 is 2.96 bits per heavy atom. The fraction of sp³-hybridized carbons (Fsp3) is 0.389. The summed E-state index contributed by atoms with van der Waals surface area (Å²) in [5.41, 5.74) is 2.26. The van der Waals surface area contributed by atoms with Gasteiger partial charge in [0.15, 0.2) is 11.5 Å². The predicted octanol–water partition coefficient (Wildman–Crippen LogP) is 3.57. The molecule has 6 heteroatoms. The molecule has 1 saturated heterocycles. The van der Waals surface area contributed by atoms with Crippen molar-refractivity contribution in [1.82, 2.24) is 10.2 Å². The lowest BCUT2D eigenvalue weighted by Crippen LogP contribution is -2.39. The normalized spacial score (nSPS) is 19.3. The van der Waals surface area contributed by atoms with E-state index in [-0.39, 0.29) is 12.1 Å². The number of thiophene rings is 1. The minimum absolute atomic E-state index is 0.00131. The molecule has 5 nitrogen and oxygen atoms in total. The quantitative estimate of drug-likeness (QED) is 0.926. The van der Waals surface area contributed by atoms with Crippen molar-refractivity contribution in [2.45, 2.75) is 25.4 Å². The van der Waals surface area contributed by atoms with E-state index in [1.165, 1.54) is 5.56 Å². The number of urea groups is 1. The number of hydrogen-bond acceptors (Lipinski definition) is 4. The molecule has 1 aromatic carbocycles. The summed E-state index contributed by atoms with van der Waals surface area (Å²) in [6.45, 7) is 2.46. The number of nitrogens with zero attached hydrogens (tertiary/aromatic N) is 1. The molecule has 2 amide bonds. The standard InChI is InChI=1S/C18H20N2O3S/c21-18(20-6-1-2-15(20)14-5-9-24-12-14)19-11-13-3-4-16-17(10-13)23-8-7-22-16/h3-5,9-10,12,15H,1-2,6-8,11H2,(H,19,21)/t15-/m0/s1. The first-order valence-corrected chi connectivity index (χ1v) is 9.20. The molecule has 126 valence electrons. The van der Waals surface area contributed by atoms with Gasteiger partial charge in [-0.05, 0) is 52.9 Å². The summed E-state index contributed by atoms with van der Waals surface area (Å²) in [6, 6.07) is 8.13. The highest BCUT2D eigenvalue weighted by Gasteiger charge is 2.30. The van der Waals surface area contributed by atoms with E-state index in [4.69, 9.17) is 9.47 Å². The number of likely N-dealkylation sites (tertiary alicyclic amines) is 1. The van der Waals surface area contributed by atoms with Crippen molar-refractivity contribution in [2.24, 2.45) is 0 Å². The summed E-state index contributed by atoms with van der Waals surface area (Å²) in [5, 5.41) is 7.24. The highest BCUT2D eigenvalue weighted by atomic mass is 32.1. The van der Waals surface area contributed by atoms with Crippen LogP contribution in [0.1, 0.15) is 30.0 Å². The Kier molecular flexibility index (Phi) is 4.30. The van der Waals surface area contributed by atoms with Crippen LogP contribution in [0.5, 0.6) is 11.5 Å². The molecule has 1 aromatic heterocycles. The molecular weight excluding hydrogens is 324 g/mol. The van der Waals surface area contributed by atoms with Crippen LogP contribution in [0.3, 0.4) is 0 Å². The van der Waals surface area contributed by atoms with Gasteiger partial charge in [-0.15, -0.1) is 0 Å². The molecule has 0 bridgehead atoms. The van der Waals surface area contributed by atoms with E-state index in [1.54, 1.807) is 11.3 Å². The number of amides is 2. The van der Waals surface area contributed by atoms with E-state index in [0.29, 0.717) is 19.8 Å². The molecule has 24 heavy (non-hydrogen) atoms. The highest BCUT2D eigenvalue weighted by Crippen LogP contribution is 2.33. The summed E-state index contributed by atoms with van der Waals surface area (Å²) in [5.74, 6) is 1.53. The molecule has 2 aromatic rings. The van der Waals surface area contributed by atoms with Crippen molar-refractivity contribution in [2.75, 3.05) is 19.8 Å². The molecule has 4 rings (SSSR count). The number of rotatable bonds is 3. The molecule has 1 atom stereocenters. The smallest absolute Gasteiger partial charge is 0.318 e. The van der Waals surface area contributed by atoms with Crippen molar-refractivity contribution < 1.29 is 14.3 Å². The fourth-order valence-electron chi connectivity index (χ4n) is 3.30. The fourth-order valence-corrected chi connectivity index (χ4v) is 4.00. The van der Waals surface area contributed by atoms with Crippen LogP contribution in [0.15, 0.2) is 35.0 Å². The monoisotopic (exact) mass is 344 g/mol. The van der Waals surface area contributed by atoms with Crippen LogP contribution in [-0.4, -0.2) is 30.7 Å². The van der Waals surface area contributed by atoms with Crippen molar-refractivity contribution in [3.63, 3.8) is 0 Å². The van der Waals surface area contributed by atoms with E-state index in [0.717, 1.165) is 36.4 Å². The average molecular weight is 344 g/mol. The first-order valence-electron chi connectivity index (χ1n) is 8.26. The Hall–Kier alpha value is -2.21. The molecule has 0 unspecified atom stereocenters. The van der Waals surface area contributed by atoms with E-state index in [2.05, 4.69) is 22.1 Å². The second-order valence-electron chi connectivity index (χ2n) is 6.04. The lowest BCUT2D eigenvalue weighted by atomic mass is 10.1. The number of ether oxygens (including phenoxy) is 2. The molecule has 1 fully saturated rings. The van der Waals surface area contributed by atoms with Gasteiger partial charge in [0.2, 0.25) is 0 Å². The van der Waals surface area contributed by atoms with E-state index < -0.39 is 0 Å². The SMILES string of the molecule is O=C(NCc1ccc2c(c1)OCCO2)N1CCC[C@H]1c1ccsc1. The predicted molar refractivity (Wildman–Crippen MR) is 92.7 cm³/mol. The molecular formula is C18H20N2O3S. The number of nitrogens with one attached hydrogen (secondary N) is 1. The lowest BCUT2D eigenvalue weighted by molar-refractivity contribution is 0.171. The van der Waals surface area contributed by atoms with Crippen LogP contribution in [-0.2, 0) is 6.54 Å². The third-order valence-electron chi connectivity index (χ3n) is 4.49. The maximum atomic E-state index is 12.6. The zero-order chi connectivity index (χ0) is 16.4. The van der Waals surface area contributed by atoms with Crippen LogP contribution in [0.25, 0.3) is 0 Å². The number of fused-ring (bicyclic) bond motifs is 1. The summed E-state index contributed by atoms with van der Waals surface area (Å²) in [6.07, 6.45) is 2.09. The summed E-state index contributed by atoms with van der Waals surface area (Å²) < 4.78 is 11.1. The van der Waals surface area contributed by atoms with Crippen LogP contribution >= 0.6 is 11.3 Å². The van der Waals surface area contributed by atoms with Crippen molar-refractivity contribution in [3.8, 4) is 11.5 Å². The van der Waals surface area contributed by atoms with Gasteiger partial charge in [0.25, 0.3) is 0 Å². The summed E-state index contributed by atoms with van der Waals surface area (Å²) in [7, 11) is 0. The number of benzene rings is 1. The lowest BCUT2D eigenvalue weighted by Gasteiger charge is -2.25. The third kappa shape index (κ3) is 3.06. The van der Waals surface area contributed by atoms with Crippen molar-refractivity contribution in [3.05, 3.63) is 46.2 Å². The highest BCUT2D eigenvalue weighted by molar-refractivity contribution is 7.07. The number of carbonyl (C=O) groups is 1. The van der Waals surface area contributed by atoms with E-state index in [9.17, 15) is 4.79 Å². The van der Waals surface area contributed by atoms with Gasteiger partial charge in [-0.3, -0.25) is 0 Å². The largest absolute Gasteiger partial charge is 0.486 e. The molecule has 1 N–H and O–H groups in total. The van der Waals surface area contributed by atoms with Crippen LogP contribution in [0.2, 0.25) is 0 Å². The molecule has 2 aliphatic heterocycles. The first-order chi connectivity index (χ1) is 11.8. The Bertz CT molecular complexity index is 717.